The number of benzene rings is 1. The third kappa shape index (κ3) is 6.38. The minimum absolute atomic E-state index is 0.163. The topological polar surface area (TPSA) is 41.5 Å². The highest BCUT2D eigenvalue weighted by atomic mass is 79.9. The summed E-state index contributed by atoms with van der Waals surface area (Å²) in [4.78, 5) is 0. The van der Waals surface area contributed by atoms with Crippen molar-refractivity contribution in [2.45, 2.75) is 26.3 Å². The highest BCUT2D eigenvalue weighted by Gasteiger charge is 2.08. The predicted molar refractivity (Wildman–Crippen MR) is 78.0 cm³/mol. The van der Waals surface area contributed by atoms with E-state index in [-0.39, 0.29) is 12.6 Å². The van der Waals surface area contributed by atoms with Crippen molar-refractivity contribution >= 4 is 15.9 Å². The summed E-state index contributed by atoms with van der Waals surface area (Å²) >= 11 is 3.40. The SMILES string of the molecule is CC(C)CC(CO)NCCOc1cccc(Br)c1. The predicted octanol–water partition coefficient (Wildman–Crippen LogP) is 2.82. The minimum Gasteiger partial charge on any atom is -0.492 e. The number of hydrogen-bond acceptors (Lipinski definition) is 3. The van der Waals surface area contributed by atoms with Gasteiger partial charge in [-0.25, -0.2) is 0 Å². The normalized spacial score (nSPS) is 12.7. The molecule has 0 fully saturated rings. The van der Waals surface area contributed by atoms with Gasteiger partial charge in [0.15, 0.2) is 0 Å². The van der Waals surface area contributed by atoms with Crippen molar-refractivity contribution in [3.8, 4) is 5.75 Å². The molecule has 0 amide bonds. The van der Waals surface area contributed by atoms with E-state index in [0.717, 1.165) is 23.2 Å². The Bertz CT molecular complexity index is 344. The van der Waals surface area contributed by atoms with Crippen LogP contribution in [0.4, 0.5) is 0 Å². The van der Waals surface area contributed by atoms with Crippen LogP contribution in [-0.2, 0) is 0 Å². The van der Waals surface area contributed by atoms with E-state index < -0.39 is 0 Å². The number of rotatable bonds is 8. The number of nitrogens with one attached hydrogen (secondary N) is 1. The first-order chi connectivity index (χ1) is 8.61. The summed E-state index contributed by atoms with van der Waals surface area (Å²) in [5.74, 6) is 1.44. The zero-order valence-corrected chi connectivity index (χ0v) is 12.6. The van der Waals surface area contributed by atoms with Gasteiger partial charge in [0.2, 0.25) is 0 Å². The van der Waals surface area contributed by atoms with Gasteiger partial charge < -0.3 is 15.2 Å². The number of aliphatic hydroxyl groups excluding tert-OH is 1. The van der Waals surface area contributed by atoms with E-state index in [1.807, 2.05) is 24.3 Å². The van der Waals surface area contributed by atoms with Crippen LogP contribution in [0.2, 0.25) is 0 Å². The fraction of sp³-hybridized carbons (Fsp3) is 0.571. The van der Waals surface area contributed by atoms with E-state index >= 15 is 0 Å². The fourth-order valence-electron chi connectivity index (χ4n) is 1.78. The van der Waals surface area contributed by atoms with Crippen LogP contribution >= 0.6 is 15.9 Å². The maximum atomic E-state index is 9.22. The number of aliphatic hydroxyl groups is 1. The molecule has 1 aromatic rings. The molecule has 1 atom stereocenters. The molecule has 18 heavy (non-hydrogen) atoms. The molecule has 0 saturated heterocycles. The molecule has 0 radical (unpaired) electrons. The van der Waals surface area contributed by atoms with Gasteiger partial charge in [-0.15, -0.1) is 0 Å². The molecule has 0 aliphatic carbocycles. The zero-order chi connectivity index (χ0) is 13.4. The van der Waals surface area contributed by atoms with Gasteiger partial charge in [0.05, 0.1) is 6.61 Å². The van der Waals surface area contributed by atoms with Crippen molar-refractivity contribution in [3.05, 3.63) is 28.7 Å². The van der Waals surface area contributed by atoms with E-state index in [2.05, 4.69) is 35.1 Å². The Balaban J connectivity index is 2.21. The molecule has 102 valence electrons. The van der Waals surface area contributed by atoms with Crippen molar-refractivity contribution in [2.24, 2.45) is 5.92 Å². The number of ether oxygens (including phenoxy) is 1. The second-order valence-electron chi connectivity index (χ2n) is 4.77. The van der Waals surface area contributed by atoms with E-state index in [1.165, 1.54) is 0 Å². The summed E-state index contributed by atoms with van der Waals surface area (Å²) < 4.78 is 6.63. The molecule has 0 aliphatic heterocycles. The Hall–Kier alpha value is -0.580. The Morgan fingerprint density at radius 3 is 2.78 bits per heavy atom. The lowest BCUT2D eigenvalue weighted by molar-refractivity contribution is 0.214. The molecular weight excluding hydrogens is 294 g/mol. The molecule has 1 unspecified atom stereocenters. The Labute approximate surface area is 118 Å². The number of halogens is 1. The highest BCUT2D eigenvalue weighted by molar-refractivity contribution is 9.10. The lowest BCUT2D eigenvalue weighted by Crippen LogP contribution is -2.36. The van der Waals surface area contributed by atoms with Crippen LogP contribution in [0.1, 0.15) is 20.3 Å². The molecular formula is C14H22BrNO2. The molecule has 3 nitrogen and oxygen atoms in total. The first-order valence-corrected chi connectivity index (χ1v) is 7.13. The standard InChI is InChI=1S/C14H22BrNO2/c1-11(2)8-13(10-17)16-6-7-18-14-5-3-4-12(15)9-14/h3-5,9,11,13,16-17H,6-8,10H2,1-2H3. The molecule has 0 heterocycles. The van der Waals surface area contributed by atoms with Gasteiger partial charge in [-0.1, -0.05) is 35.8 Å². The molecule has 0 saturated carbocycles. The molecule has 0 aromatic heterocycles. The van der Waals surface area contributed by atoms with Gasteiger partial charge in [0, 0.05) is 17.1 Å². The summed E-state index contributed by atoms with van der Waals surface area (Å²) in [6.45, 7) is 5.83. The number of hydrogen-bond donors (Lipinski definition) is 2. The summed E-state index contributed by atoms with van der Waals surface area (Å²) in [5.41, 5.74) is 0. The zero-order valence-electron chi connectivity index (χ0n) is 11.0. The Morgan fingerprint density at radius 2 is 2.17 bits per heavy atom. The Morgan fingerprint density at radius 1 is 1.39 bits per heavy atom. The fourth-order valence-corrected chi connectivity index (χ4v) is 2.16. The lowest BCUT2D eigenvalue weighted by atomic mass is 10.0. The molecule has 0 aliphatic rings. The smallest absolute Gasteiger partial charge is 0.120 e. The van der Waals surface area contributed by atoms with Crippen molar-refractivity contribution in [2.75, 3.05) is 19.8 Å². The largest absolute Gasteiger partial charge is 0.492 e. The molecule has 0 bridgehead atoms. The van der Waals surface area contributed by atoms with Crippen molar-refractivity contribution < 1.29 is 9.84 Å². The third-order valence-electron chi connectivity index (χ3n) is 2.58. The summed E-state index contributed by atoms with van der Waals surface area (Å²) in [6, 6.07) is 7.95. The van der Waals surface area contributed by atoms with Crippen LogP contribution in [0.25, 0.3) is 0 Å². The van der Waals surface area contributed by atoms with E-state index in [0.29, 0.717) is 12.5 Å². The molecule has 2 N–H and O–H groups in total. The molecule has 4 heteroatoms. The van der Waals surface area contributed by atoms with Gasteiger partial charge >= 0.3 is 0 Å². The summed E-state index contributed by atoms with van der Waals surface area (Å²) in [5, 5.41) is 12.5. The van der Waals surface area contributed by atoms with Crippen LogP contribution < -0.4 is 10.1 Å². The van der Waals surface area contributed by atoms with Crippen LogP contribution in [0.15, 0.2) is 28.7 Å². The monoisotopic (exact) mass is 315 g/mol. The van der Waals surface area contributed by atoms with Gasteiger partial charge in [-0.3, -0.25) is 0 Å². The summed E-state index contributed by atoms with van der Waals surface area (Å²) in [7, 11) is 0. The van der Waals surface area contributed by atoms with E-state index in [4.69, 9.17) is 4.74 Å². The molecule has 1 rings (SSSR count). The van der Waals surface area contributed by atoms with Crippen molar-refractivity contribution in [1.29, 1.82) is 0 Å². The van der Waals surface area contributed by atoms with Crippen LogP contribution in [0.5, 0.6) is 5.75 Å². The van der Waals surface area contributed by atoms with Crippen molar-refractivity contribution in [1.82, 2.24) is 5.32 Å². The second kappa shape index (κ2) is 8.51. The van der Waals surface area contributed by atoms with Gasteiger partial charge in [0.1, 0.15) is 12.4 Å². The average Bonchev–Trinajstić information content (AvgIpc) is 2.32. The summed E-state index contributed by atoms with van der Waals surface area (Å²) in [6.07, 6.45) is 0.980. The van der Waals surface area contributed by atoms with Gasteiger partial charge in [0.25, 0.3) is 0 Å². The van der Waals surface area contributed by atoms with E-state index in [1.54, 1.807) is 0 Å². The van der Waals surface area contributed by atoms with Crippen molar-refractivity contribution in [3.63, 3.8) is 0 Å². The van der Waals surface area contributed by atoms with Crippen LogP contribution in [0, 0.1) is 5.92 Å². The molecule has 1 aromatic carbocycles. The molecule has 0 spiro atoms. The van der Waals surface area contributed by atoms with Gasteiger partial charge in [-0.05, 0) is 30.5 Å². The quantitative estimate of drug-likeness (QED) is 0.725. The van der Waals surface area contributed by atoms with Crippen LogP contribution in [-0.4, -0.2) is 30.9 Å². The maximum Gasteiger partial charge on any atom is 0.120 e. The third-order valence-corrected chi connectivity index (χ3v) is 3.07. The minimum atomic E-state index is 0.163. The average molecular weight is 316 g/mol. The van der Waals surface area contributed by atoms with Crippen LogP contribution in [0.3, 0.4) is 0 Å². The maximum absolute atomic E-state index is 9.22. The lowest BCUT2D eigenvalue weighted by Gasteiger charge is -2.18. The Kier molecular flexibility index (Phi) is 7.32. The van der Waals surface area contributed by atoms with Gasteiger partial charge in [-0.2, -0.15) is 0 Å². The van der Waals surface area contributed by atoms with E-state index in [9.17, 15) is 5.11 Å². The highest BCUT2D eigenvalue weighted by Crippen LogP contribution is 2.17. The first-order valence-electron chi connectivity index (χ1n) is 6.34. The second-order valence-corrected chi connectivity index (χ2v) is 5.68. The first kappa shape index (κ1) is 15.5.